The minimum absolute atomic E-state index is 1.03. The van der Waals surface area contributed by atoms with E-state index in [0.717, 1.165) is 39.2 Å². The molecule has 0 heterocycles. The molecule has 0 unspecified atom stereocenters. The summed E-state index contributed by atoms with van der Waals surface area (Å²) >= 11 is 3.61. The Labute approximate surface area is 171 Å². The zero-order chi connectivity index (χ0) is 19.2. The van der Waals surface area contributed by atoms with Gasteiger partial charge in [0.25, 0.3) is 0 Å². The Kier molecular flexibility index (Phi) is 6.65. The third-order valence-electron chi connectivity index (χ3n) is 4.51. The Morgan fingerprint density at radius 3 is 1.63 bits per heavy atom. The van der Waals surface area contributed by atoms with E-state index in [1.54, 1.807) is 11.8 Å². The molecule has 27 heavy (non-hydrogen) atoms. The van der Waals surface area contributed by atoms with Gasteiger partial charge < -0.3 is 0 Å². The molecular weight excluding hydrogens is 364 g/mol. The smallest absolute Gasteiger partial charge is 0.00722 e. The zero-order valence-corrected chi connectivity index (χ0v) is 17.5. The first-order chi connectivity index (χ1) is 13.1. The molecule has 0 spiro atoms. The highest BCUT2D eigenvalue weighted by atomic mass is 32.2. The lowest BCUT2D eigenvalue weighted by atomic mass is 9.94. The van der Waals surface area contributed by atoms with Gasteiger partial charge >= 0.3 is 0 Å². The van der Waals surface area contributed by atoms with Crippen LogP contribution in [0.5, 0.6) is 0 Å². The van der Waals surface area contributed by atoms with Crippen LogP contribution in [0, 0.1) is 0 Å². The molecule has 0 amide bonds. The van der Waals surface area contributed by atoms with E-state index in [4.69, 9.17) is 0 Å². The molecule has 0 N–H and O–H groups in total. The maximum Gasteiger partial charge on any atom is 0.00722 e. The lowest BCUT2D eigenvalue weighted by molar-refractivity contribution is 1.41. The van der Waals surface area contributed by atoms with Crippen molar-refractivity contribution in [3.05, 3.63) is 108 Å². The highest BCUT2D eigenvalue weighted by molar-refractivity contribution is 7.99. The van der Waals surface area contributed by atoms with Gasteiger partial charge in [-0.05, 0) is 75.7 Å². The van der Waals surface area contributed by atoms with E-state index in [2.05, 4.69) is 99.1 Å². The maximum atomic E-state index is 4.33. The summed E-state index contributed by atoms with van der Waals surface area (Å²) in [6, 6.07) is 25.7. The molecule has 0 aliphatic heterocycles. The van der Waals surface area contributed by atoms with Gasteiger partial charge in [-0.1, -0.05) is 62.5 Å². The average molecular weight is 389 g/mol. The second-order valence-electron chi connectivity index (χ2n) is 6.22. The first-order valence-corrected chi connectivity index (χ1v) is 11.2. The predicted octanol–water partition coefficient (Wildman–Crippen LogP) is 7.64. The van der Waals surface area contributed by atoms with Crippen LogP contribution in [0.1, 0.15) is 29.2 Å². The summed E-state index contributed by atoms with van der Waals surface area (Å²) in [5.41, 5.74) is 6.63. The fraction of sp³-hybridized carbons (Fsp3) is 0.120. The molecule has 0 radical (unpaired) electrons. The van der Waals surface area contributed by atoms with Gasteiger partial charge in [-0.25, -0.2) is 0 Å². The third kappa shape index (κ3) is 4.77. The highest BCUT2D eigenvalue weighted by Crippen LogP contribution is 2.29. The third-order valence-corrected chi connectivity index (χ3v) is 6.15. The van der Waals surface area contributed by atoms with Crippen LogP contribution in [-0.2, 0) is 0 Å². The van der Waals surface area contributed by atoms with Gasteiger partial charge in [0, 0.05) is 9.79 Å². The normalized spacial score (nSPS) is 10.6. The molecule has 3 rings (SSSR count). The minimum atomic E-state index is 1.03. The molecule has 0 aromatic heterocycles. The summed E-state index contributed by atoms with van der Waals surface area (Å²) in [4.78, 5) is 2.56. The van der Waals surface area contributed by atoms with Crippen LogP contribution in [0.15, 0.2) is 95.7 Å². The number of hydrogen-bond acceptors (Lipinski definition) is 2. The monoisotopic (exact) mass is 388 g/mol. The van der Waals surface area contributed by atoms with Crippen molar-refractivity contribution in [1.82, 2.24) is 0 Å². The summed E-state index contributed by atoms with van der Waals surface area (Å²) in [6.07, 6.45) is 2.09. The van der Waals surface area contributed by atoms with Crippen molar-refractivity contribution in [1.29, 1.82) is 0 Å². The summed E-state index contributed by atoms with van der Waals surface area (Å²) < 4.78 is 0. The highest BCUT2D eigenvalue weighted by Gasteiger charge is 2.07. The van der Waals surface area contributed by atoms with Crippen molar-refractivity contribution in [3.8, 4) is 0 Å². The number of hydrogen-bond donors (Lipinski definition) is 0. The van der Waals surface area contributed by atoms with Crippen molar-refractivity contribution in [2.45, 2.75) is 16.7 Å². The van der Waals surface area contributed by atoms with E-state index in [9.17, 15) is 0 Å². The maximum absolute atomic E-state index is 4.33. The Balaban J connectivity index is 1.83. The quantitative estimate of drug-likeness (QED) is 0.381. The van der Waals surface area contributed by atoms with Crippen LogP contribution in [0.2, 0.25) is 0 Å². The number of rotatable bonds is 7. The molecule has 136 valence electrons. The summed E-state index contributed by atoms with van der Waals surface area (Å²) in [5.74, 6) is 1.09. The van der Waals surface area contributed by atoms with E-state index < -0.39 is 0 Å². The summed E-state index contributed by atoms with van der Waals surface area (Å²) in [6.45, 7) is 10.8. The van der Waals surface area contributed by atoms with E-state index in [0.29, 0.717) is 0 Å². The van der Waals surface area contributed by atoms with Gasteiger partial charge in [-0.15, -0.1) is 23.5 Å². The Morgan fingerprint density at radius 1 is 0.704 bits per heavy atom. The lowest BCUT2D eigenvalue weighted by Gasteiger charge is -2.12. The first-order valence-electron chi connectivity index (χ1n) is 8.98. The molecule has 0 aliphatic rings. The van der Waals surface area contributed by atoms with Crippen LogP contribution in [-0.4, -0.2) is 12.0 Å². The van der Waals surface area contributed by atoms with Gasteiger partial charge in [0.05, 0.1) is 0 Å². The van der Waals surface area contributed by atoms with E-state index >= 15 is 0 Å². The topological polar surface area (TPSA) is 0 Å². The van der Waals surface area contributed by atoms with Gasteiger partial charge in [0.1, 0.15) is 0 Å². The van der Waals surface area contributed by atoms with Gasteiger partial charge in [-0.3, -0.25) is 0 Å². The molecule has 3 aromatic carbocycles. The number of benzene rings is 3. The van der Waals surface area contributed by atoms with Crippen LogP contribution >= 0.6 is 23.5 Å². The van der Waals surface area contributed by atoms with Crippen LogP contribution in [0.3, 0.4) is 0 Å². The standard InChI is InChI=1S/C25H24S2/c1-5-27-25-15-11-21(12-16-25)19(3)23-8-6-7-22(17-23)18(2)20-9-13-24(26-4)14-10-20/h6-17H,2-3,5H2,1,4H3. The van der Waals surface area contributed by atoms with Gasteiger partial charge in [0.15, 0.2) is 0 Å². The number of thioether (sulfide) groups is 2. The molecule has 0 bridgehead atoms. The van der Waals surface area contributed by atoms with Crippen molar-refractivity contribution in [2.24, 2.45) is 0 Å². The summed E-state index contributed by atoms with van der Waals surface area (Å²) in [7, 11) is 0. The minimum Gasteiger partial charge on any atom is -0.130 e. The molecule has 0 saturated carbocycles. The summed E-state index contributed by atoms with van der Waals surface area (Å²) in [5, 5.41) is 0. The van der Waals surface area contributed by atoms with Crippen LogP contribution in [0.4, 0.5) is 0 Å². The second kappa shape index (κ2) is 9.16. The van der Waals surface area contributed by atoms with E-state index in [1.165, 1.54) is 9.79 Å². The Bertz CT molecular complexity index is 935. The van der Waals surface area contributed by atoms with Crippen LogP contribution in [0.25, 0.3) is 11.1 Å². The molecular formula is C25H24S2. The Morgan fingerprint density at radius 2 is 1.19 bits per heavy atom. The molecule has 0 nitrogen and oxygen atoms in total. The molecule has 0 aliphatic carbocycles. The molecule has 3 aromatic rings. The fourth-order valence-electron chi connectivity index (χ4n) is 2.94. The second-order valence-corrected chi connectivity index (χ2v) is 8.44. The first kappa shape index (κ1) is 19.6. The SMILES string of the molecule is C=C(c1ccc(SC)cc1)c1cccc(C(=C)c2ccc(SCC)cc2)c1. The van der Waals surface area contributed by atoms with Crippen LogP contribution < -0.4 is 0 Å². The average Bonchev–Trinajstić information content (AvgIpc) is 2.73. The van der Waals surface area contributed by atoms with Crippen molar-refractivity contribution in [2.75, 3.05) is 12.0 Å². The largest absolute Gasteiger partial charge is 0.130 e. The predicted molar refractivity (Wildman–Crippen MR) is 124 cm³/mol. The lowest BCUT2D eigenvalue weighted by Crippen LogP contribution is -1.91. The van der Waals surface area contributed by atoms with Crippen molar-refractivity contribution >= 4 is 34.7 Å². The fourth-order valence-corrected chi connectivity index (χ4v) is 4.01. The molecule has 0 atom stereocenters. The molecule has 2 heteroatoms. The van der Waals surface area contributed by atoms with Gasteiger partial charge in [0.2, 0.25) is 0 Å². The van der Waals surface area contributed by atoms with Crippen molar-refractivity contribution in [3.63, 3.8) is 0 Å². The van der Waals surface area contributed by atoms with E-state index in [-0.39, 0.29) is 0 Å². The molecule has 0 fully saturated rings. The Hall–Kier alpha value is -2.16. The van der Waals surface area contributed by atoms with Gasteiger partial charge in [-0.2, -0.15) is 0 Å². The molecule has 0 saturated heterocycles. The van der Waals surface area contributed by atoms with Crippen molar-refractivity contribution < 1.29 is 0 Å². The van der Waals surface area contributed by atoms with E-state index in [1.807, 2.05) is 11.8 Å². The zero-order valence-electron chi connectivity index (χ0n) is 15.9.